The first-order valence-electron chi connectivity index (χ1n) is 17.4. The van der Waals surface area contributed by atoms with Crippen molar-refractivity contribution in [1.29, 1.82) is 0 Å². The Balaban J connectivity index is 1.11. The first-order valence-corrected chi connectivity index (χ1v) is 17.4. The van der Waals surface area contributed by atoms with Crippen molar-refractivity contribution in [3.05, 3.63) is 163 Å². The molecule has 4 nitrogen and oxygen atoms in total. The molecule has 51 heavy (non-hydrogen) atoms. The van der Waals surface area contributed by atoms with Crippen LogP contribution < -0.4 is 0 Å². The van der Waals surface area contributed by atoms with E-state index < -0.39 is 0 Å². The number of rotatable bonds is 5. The van der Waals surface area contributed by atoms with Gasteiger partial charge < -0.3 is 4.42 Å². The third kappa shape index (κ3) is 5.55. The molecule has 2 aromatic heterocycles. The minimum atomic E-state index is -0.0317. The van der Waals surface area contributed by atoms with Gasteiger partial charge in [-0.15, -0.1) is 0 Å². The summed E-state index contributed by atoms with van der Waals surface area (Å²) in [7, 11) is 0. The van der Waals surface area contributed by atoms with Gasteiger partial charge in [0.15, 0.2) is 17.5 Å². The monoisotopic (exact) mass is 657 g/mol. The molecule has 244 valence electrons. The Morgan fingerprint density at radius 2 is 0.824 bits per heavy atom. The van der Waals surface area contributed by atoms with E-state index in [9.17, 15) is 0 Å². The fraction of sp³-hybridized carbons (Fsp3) is 0.0851. The quantitative estimate of drug-likeness (QED) is 0.185. The first kappa shape index (κ1) is 30.7. The molecular formula is C47H35N3O. The first-order chi connectivity index (χ1) is 24.9. The number of aromatic nitrogens is 3. The Kier molecular flexibility index (Phi) is 7.32. The molecular weight excluding hydrogens is 623 g/mol. The summed E-state index contributed by atoms with van der Waals surface area (Å²) in [6, 6.07) is 54.8. The van der Waals surface area contributed by atoms with Gasteiger partial charge in [0.2, 0.25) is 0 Å². The van der Waals surface area contributed by atoms with E-state index >= 15 is 0 Å². The molecule has 0 spiro atoms. The lowest BCUT2D eigenvalue weighted by Crippen LogP contribution is -2.10. The van der Waals surface area contributed by atoms with Gasteiger partial charge in [-0.2, -0.15) is 0 Å². The van der Waals surface area contributed by atoms with Crippen LogP contribution in [0.1, 0.15) is 26.3 Å². The third-order valence-electron chi connectivity index (χ3n) is 9.70. The summed E-state index contributed by atoms with van der Waals surface area (Å²) in [6.07, 6.45) is 0. The van der Waals surface area contributed by atoms with Crippen molar-refractivity contribution in [1.82, 2.24) is 15.0 Å². The van der Waals surface area contributed by atoms with Crippen molar-refractivity contribution in [3.63, 3.8) is 0 Å². The van der Waals surface area contributed by atoms with Crippen LogP contribution in [0.2, 0.25) is 0 Å². The van der Waals surface area contributed by atoms with E-state index in [0.29, 0.717) is 17.5 Å². The van der Waals surface area contributed by atoms with Gasteiger partial charge in [-0.3, -0.25) is 0 Å². The lowest BCUT2D eigenvalue weighted by Gasteiger charge is -2.18. The number of benzene rings is 7. The van der Waals surface area contributed by atoms with Crippen LogP contribution in [0.5, 0.6) is 0 Å². The number of nitrogens with zero attached hydrogens (tertiary/aromatic N) is 3. The molecule has 0 saturated heterocycles. The topological polar surface area (TPSA) is 51.8 Å². The lowest BCUT2D eigenvalue weighted by molar-refractivity contribution is 0.573. The summed E-state index contributed by atoms with van der Waals surface area (Å²) in [6.45, 7) is 6.68. The van der Waals surface area contributed by atoms with Crippen molar-refractivity contribution >= 4 is 32.7 Å². The standard InChI is InChI=1S/C47H35N3O/c1-47(2,3)41-21-11-20-40-39-19-10-18-38(42(39)51-43(40)41)32-24-28-35(29-25-32)46-49-44(33-13-5-4-6-14-33)48-45(50-46)34-26-22-31(23-27-34)37-17-9-15-30-12-7-8-16-36(30)37/h4-29H,1-3H3. The summed E-state index contributed by atoms with van der Waals surface area (Å²) >= 11 is 0. The maximum Gasteiger partial charge on any atom is 0.164 e. The summed E-state index contributed by atoms with van der Waals surface area (Å²) < 4.78 is 6.66. The molecule has 0 amide bonds. The Hall–Kier alpha value is -6.39. The highest BCUT2D eigenvalue weighted by Gasteiger charge is 2.22. The van der Waals surface area contributed by atoms with E-state index in [-0.39, 0.29) is 5.41 Å². The van der Waals surface area contributed by atoms with E-state index in [2.05, 4.69) is 148 Å². The Bertz CT molecular complexity index is 2700. The van der Waals surface area contributed by atoms with Gasteiger partial charge in [0.25, 0.3) is 0 Å². The largest absolute Gasteiger partial charge is 0.455 e. The molecule has 7 aromatic carbocycles. The molecule has 0 aliphatic heterocycles. The van der Waals surface area contributed by atoms with Crippen LogP contribution in [-0.2, 0) is 5.41 Å². The van der Waals surface area contributed by atoms with Gasteiger partial charge in [-0.1, -0.05) is 178 Å². The zero-order chi connectivity index (χ0) is 34.5. The van der Waals surface area contributed by atoms with Crippen LogP contribution in [0.3, 0.4) is 0 Å². The normalized spacial score (nSPS) is 11.8. The summed E-state index contributed by atoms with van der Waals surface area (Å²) in [4.78, 5) is 15.0. The third-order valence-corrected chi connectivity index (χ3v) is 9.70. The van der Waals surface area contributed by atoms with E-state index in [4.69, 9.17) is 19.4 Å². The van der Waals surface area contributed by atoms with Crippen molar-refractivity contribution in [3.8, 4) is 56.4 Å². The van der Waals surface area contributed by atoms with Crippen molar-refractivity contribution in [2.24, 2.45) is 0 Å². The molecule has 0 bridgehead atoms. The summed E-state index contributed by atoms with van der Waals surface area (Å²) in [5, 5.41) is 4.73. The molecule has 0 atom stereocenters. The summed E-state index contributed by atoms with van der Waals surface area (Å²) in [5.41, 5.74) is 10.3. The smallest absolute Gasteiger partial charge is 0.164 e. The van der Waals surface area contributed by atoms with E-state index in [1.54, 1.807) is 0 Å². The maximum atomic E-state index is 6.66. The lowest BCUT2D eigenvalue weighted by atomic mass is 9.86. The number of fused-ring (bicyclic) bond motifs is 4. The maximum absolute atomic E-state index is 6.66. The zero-order valence-electron chi connectivity index (χ0n) is 28.8. The molecule has 0 radical (unpaired) electrons. The molecule has 2 heterocycles. The van der Waals surface area contributed by atoms with Crippen molar-refractivity contribution in [2.45, 2.75) is 26.2 Å². The Morgan fingerprint density at radius 3 is 1.47 bits per heavy atom. The van der Waals surface area contributed by atoms with Crippen LogP contribution in [-0.4, -0.2) is 15.0 Å². The minimum Gasteiger partial charge on any atom is -0.455 e. The second-order valence-corrected chi connectivity index (χ2v) is 14.1. The van der Waals surface area contributed by atoms with Gasteiger partial charge in [-0.05, 0) is 32.9 Å². The molecule has 0 aliphatic rings. The van der Waals surface area contributed by atoms with Crippen molar-refractivity contribution in [2.75, 3.05) is 0 Å². The summed E-state index contributed by atoms with van der Waals surface area (Å²) in [5.74, 6) is 1.90. The molecule has 0 unspecified atom stereocenters. The average molecular weight is 658 g/mol. The number of hydrogen-bond acceptors (Lipinski definition) is 4. The Morgan fingerprint density at radius 1 is 0.373 bits per heavy atom. The molecule has 0 saturated carbocycles. The van der Waals surface area contributed by atoms with Gasteiger partial charge in [0, 0.05) is 38.6 Å². The van der Waals surface area contributed by atoms with Crippen LogP contribution in [0, 0.1) is 0 Å². The van der Waals surface area contributed by atoms with Crippen LogP contribution in [0.25, 0.3) is 89.1 Å². The highest BCUT2D eigenvalue weighted by atomic mass is 16.3. The van der Waals surface area contributed by atoms with Crippen LogP contribution >= 0.6 is 0 Å². The molecule has 0 fully saturated rings. The molecule has 9 rings (SSSR count). The van der Waals surface area contributed by atoms with E-state index in [1.807, 2.05) is 30.3 Å². The zero-order valence-corrected chi connectivity index (χ0v) is 28.8. The Labute approximate surface area is 297 Å². The molecule has 0 N–H and O–H groups in total. The van der Waals surface area contributed by atoms with E-state index in [1.165, 1.54) is 21.9 Å². The number of furan rings is 1. The molecule has 0 aliphatic carbocycles. The highest BCUT2D eigenvalue weighted by Crippen LogP contribution is 2.40. The van der Waals surface area contributed by atoms with Gasteiger partial charge in [0.05, 0.1) is 0 Å². The van der Waals surface area contributed by atoms with Crippen LogP contribution in [0.15, 0.2) is 162 Å². The SMILES string of the molecule is CC(C)(C)c1cccc2c1oc1c(-c3ccc(-c4nc(-c5ccccc5)nc(-c5ccc(-c6cccc7ccccc67)cc5)n4)cc3)cccc12. The second-order valence-electron chi connectivity index (χ2n) is 14.1. The van der Waals surface area contributed by atoms with Gasteiger partial charge in [-0.25, -0.2) is 15.0 Å². The van der Waals surface area contributed by atoms with Crippen LogP contribution in [0.4, 0.5) is 0 Å². The van der Waals surface area contributed by atoms with Gasteiger partial charge >= 0.3 is 0 Å². The molecule has 4 heteroatoms. The van der Waals surface area contributed by atoms with Crippen molar-refractivity contribution < 1.29 is 4.42 Å². The van der Waals surface area contributed by atoms with Gasteiger partial charge in [0.1, 0.15) is 11.2 Å². The fourth-order valence-electron chi connectivity index (χ4n) is 7.06. The highest BCUT2D eigenvalue weighted by molar-refractivity contribution is 6.10. The second kappa shape index (κ2) is 12.2. The van der Waals surface area contributed by atoms with E-state index in [0.717, 1.165) is 55.3 Å². The minimum absolute atomic E-state index is 0.0317. The average Bonchev–Trinajstić information content (AvgIpc) is 3.57. The number of hydrogen-bond donors (Lipinski definition) is 0. The predicted molar refractivity (Wildman–Crippen MR) is 210 cm³/mol. The predicted octanol–water partition coefficient (Wildman–Crippen LogP) is 12.6. The fourth-order valence-corrected chi connectivity index (χ4v) is 7.06. The molecule has 9 aromatic rings. The number of para-hydroxylation sites is 2.